The van der Waals surface area contributed by atoms with Crippen LogP contribution in [0.1, 0.15) is 44.2 Å². The van der Waals surface area contributed by atoms with Crippen molar-refractivity contribution in [1.29, 1.82) is 0 Å². The molecule has 1 aliphatic heterocycles. The fourth-order valence-corrected chi connectivity index (χ4v) is 2.94. The van der Waals surface area contributed by atoms with Gasteiger partial charge >= 0.3 is 0 Å². The topological polar surface area (TPSA) is 41.3 Å². The summed E-state index contributed by atoms with van der Waals surface area (Å²) >= 11 is 0. The highest BCUT2D eigenvalue weighted by molar-refractivity contribution is 5.20. The number of aryl methyl sites for hydroxylation is 2. The number of nitrogens with zero attached hydrogens (tertiary/aromatic N) is 2. The van der Waals surface area contributed by atoms with E-state index in [2.05, 4.69) is 36.1 Å². The van der Waals surface area contributed by atoms with Crippen LogP contribution in [0, 0.1) is 19.8 Å². The van der Waals surface area contributed by atoms with Crippen molar-refractivity contribution in [2.24, 2.45) is 5.92 Å². The van der Waals surface area contributed by atoms with Gasteiger partial charge in [0.2, 0.25) is 0 Å². The van der Waals surface area contributed by atoms with Gasteiger partial charge in [0.15, 0.2) is 0 Å². The molecule has 1 aliphatic rings. The van der Waals surface area contributed by atoms with Crippen LogP contribution in [0.2, 0.25) is 0 Å². The van der Waals surface area contributed by atoms with Gasteiger partial charge in [0.1, 0.15) is 5.76 Å². The largest absolute Gasteiger partial charge is 0.361 e. The molecule has 4 heteroatoms. The summed E-state index contributed by atoms with van der Waals surface area (Å²) in [5, 5.41) is 7.73. The summed E-state index contributed by atoms with van der Waals surface area (Å²) in [5.74, 6) is 1.62. The second-order valence-electron chi connectivity index (χ2n) is 6.06. The highest BCUT2D eigenvalue weighted by atomic mass is 16.5. The number of piperazine rings is 1. The van der Waals surface area contributed by atoms with Crippen LogP contribution in [0.25, 0.3) is 0 Å². The minimum atomic E-state index is 0.594. The van der Waals surface area contributed by atoms with Crippen molar-refractivity contribution in [2.45, 2.75) is 59.7 Å². The van der Waals surface area contributed by atoms with Crippen LogP contribution >= 0.6 is 0 Å². The highest BCUT2D eigenvalue weighted by Gasteiger charge is 2.30. The number of hydrogen-bond donors (Lipinski definition) is 1. The quantitative estimate of drug-likeness (QED) is 0.908. The zero-order chi connectivity index (χ0) is 14.0. The van der Waals surface area contributed by atoms with Crippen molar-refractivity contribution < 1.29 is 4.52 Å². The predicted molar refractivity (Wildman–Crippen MR) is 77.1 cm³/mol. The van der Waals surface area contributed by atoms with Gasteiger partial charge in [0.25, 0.3) is 0 Å². The Kier molecular flexibility index (Phi) is 4.63. The van der Waals surface area contributed by atoms with E-state index >= 15 is 0 Å². The Labute approximate surface area is 116 Å². The third-order valence-corrected chi connectivity index (χ3v) is 4.34. The zero-order valence-corrected chi connectivity index (χ0v) is 12.9. The molecule has 0 spiro atoms. The van der Waals surface area contributed by atoms with Crippen molar-refractivity contribution in [3.05, 3.63) is 17.0 Å². The Balaban J connectivity index is 2.13. The Morgan fingerprint density at radius 1 is 1.42 bits per heavy atom. The van der Waals surface area contributed by atoms with E-state index in [0.29, 0.717) is 18.0 Å². The lowest BCUT2D eigenvalue weighted by Crippen LogP contribution is -2.57. The molecule has 2 rings (SSSR count). The van der Waals surface area contributed by atoms with Crippen LogP contribution in [0.4, 0.5) is 0 Å². The molecule has 1 aromatic heterocycles. The summed E-state index contributed by atoms with van der Waals surface area (Å²) in [7, 11) is 0. The lowest BCUT2D eigenvalue weighted by molar-refractivity contribution is 0.0894. The van der Waals surface area contributed by atoms with Gasteiger partial charge < -0.3 is 9.84 Å². The second kappa shape index (κ2) is 6.06. The Morgan fingerprint density at radius 3 is 2.68 bits per heavy atom. The molecule has 108 valence electrons. The first-order valence-electron chi connectivity index (χ1n) is 7.42. The van der Waals surface area contributed by atoms with Crippen LogP contribution < -0.4 is 5.32 Å². The van der Waals surface area contributed by atoms with E-state index in [1.807, 2.05) is 13.8 Å². The smallest absolute Gasteiger partial charge is 0.138 e. The average molecular weight is 265 g/mol. The maximum atomic E-state index is 5.29. The van der Waals surface area contributed by atoms with E-state index in [1.54, 1.807) is 0 Å². The van der Waals surface area contributed by atoms with Gasteiger partial charge in [-0.25, -0.2) is 0 Å². The van der Waals surface area contributed by atoms with Crippen molar-refractivity contribution in [1.82, 2.24) is 15.4 Å². The summed E-state index contributed by atoms with van der Waals surface area (Å²) in [6.07, 6.45) is 1.18. The van der Waals surface area contributed by atoms with Crippen LogP contribution in [-0.4, -0.2) is 35.2 Å². The minimum Gasteiger partial charge on any atom is -0.361 e. The Morgan fingerprint density at radius 2 is 2.16 bits per heavy atom. The third-order valence-electron chi connectivity index (χ3n) is 4.34. The Hall–Kier alpha value is -0.870. The highest BCUT2D eigenvalue weighted by Crippen LogP contribution is 2.22. The molecule has 4 nitrogen and oxygen atoms in total. The molecular formula is C15H27N3O. The van der Waals surface area contributed by atoms with E-state index < -0.39 is 0 Å². The van der Waals surface area contributed by atoms with E-state index in [9.17, 15) is 0 Å². The van der Waals surface area contributed by atoms with Crippen LogP contribution in [0.3, 0.4) is 0 Å². The summed E-state index contributed by atoms with van der Waals surface area (Å²) in [6.45, 7) is 14.1. The van der Waals surface area contributed by atoms with Gasteiger partial charge in [0.05, 0.1) is 5.69 Å². The normalized spacial score (nSPS) is 25.2. The number of hydrogen-bond acceptors (Lipinski definition) is 4. The van der Waals surface area contributed by atoms with Gasteiger partial charge in [-0.2, -0.15) is 0 Å². The SMILES string of the molecule is CCC1CN(Cc2c(C)noc2C)C(C(C)C)CN1. The van der Waals surface area contributed by atoms with Crippen LogP contribution in [-0.2, 0) is 6.54 Å². The molecule has 0 bridgehead atoms. The van der Waals surface area contributed by atoms with E-state index in [1.165, 1.54) is 12.0 Å². The van der Waals surface area contributed by atoms with Crippen molar-refractivity contribution in [3.63, 3.8) is 0 Å². The summed E-state index contributed by atoms with van der Waals surface area (Å²) < 4.78 is 5.29. The molecule has 2 unspecified atom stereocenters. The van der Waals surface area contributed by atoms with Crippen molar-refractivity contribution in [2.75, 3.05) is 13.1 Å². The van der Waals surface area contributed by atoms with Gasteiger partial charge in [0, 0.05) is 37.3 Å². The zero-order valence-electron chi connectivity index (χ0n) is 12.9. The molecule has 19 heavy (non-hydrogen) atoms. The molecule has 0 radical (unpaired) electrons. The first kappa shape index (κ1) is 14.5. The molecule has 2 atom stereocenters. The molecule has 2 heterocycles. The standard InChI is InChI=1S/C15H27N3O/c1-6-13-8-18(15(7-16-13)10(2)3)9-14-11(4)17-19-12(14)5/h10,13,15-16H,6-9H2,1-5H3. The second-order valence-corrected chi connectivity index (χ2v) is 6.06. The first-order valence-corrected chi connectivity index (χ1v) is 7.42. The van der Waals surface area contributed by atoms with Gasteiger partial charge in [-0.1, -0.05) is 25.9 Å². The lowest BCUT2D eigenvalue weighted by atomic mass is 9.96. The van der Waals surface area contributed by atoms with Gasteiger partial charge in [-0.15, -0.1) is 0 Å². The molecule has 1 aromatic rings. The van der Waals surface area contributed by atoms with Crippen molar-refractivity contribution in [3.8, 4) is 0 Å². The van der Waals surface area contributed by atoms with Crippen LogP contribution in [0.15, 0.2) is 4.52 Å². The molecule has 1 saturated heterocycles. The Bertz CT molecular complexity index is 394. The predicted octanol–water partition coefficient (Wildman–Crippen LogP) is 2.50. The summed E-state index contributed by atoms with van der Waals surface area (Å²) in [6, 6.07) is 1.20. The molecule has 0 aliphatic carbocycles. The van der Waals surface area contributed by atoms with Crippen LogP contribution in [0.5, 0.6) is 0 Å². The fraction of sp³-hybridized carbons (Fsp3) is 0.800. The average Bonchev–Trinajstić information content (AvgIpc) is 2.70. The maximum absolute atomic E-state index is 5.29. The molecule has 0 saturated carbocycles. The van der Waals surface area contributed by atoms with E-state index in [-0.39, 0.29) is 0 Å². The summed E-state index contributed by atoms with van der Waals surface area (Å²) in [4.78, 5) is 2.60. The molecule has 1 N–H and O–H groups in total. The molecule has 0 aromatic carbocycles. The lowest BCUT2D eigenvalue weighted by Gasteiger charge is -2.42. The third kappa shape index (κ3) is 3.18. The monoisotopic (exact) mass is 265 g/mol. The first-order chi connectivity index (χ1) is 9.02. The molecular weight excluding hydrogens is 238 g/mol. The maximum Gasteiger partial charge on any atom is 0.138 e. The number of rotatable bonds is 4. The van der Waals surface area contributed by atoms with Gasteiger partial charge in [-0.05, 0) is 26.2 Å². The molecule has 1 fully saturated rings. The minimum absolute atomic E-state index is 0.594. The molecule has 0 amide bonds. The fourth-order valence-electron chi connectivity index (χ4n) is 2.94. The van der Waals surface area contributed by atoms with E-state index in [4.69, 9.17) is 4.52 Å². The van der Waals surface area contributed by atoms with E-state index in [0.717, 1.165) is 31.1 Å². The van der Waals surface area contributed by atoms with Crippen molar-refractivity contribution >= 4 is 0 Å². The number of aromatic nitrogens is 1. The summed E-state index contributed by atoms with van der Waals surface area (Å²) in [5.41, 5.74) is 2.30. The van der Waals surface area contributed by atoms with Gasteiger partial charge in [-0.3, -0.25) is 4.90 Å². The number of nitrogens with one attached hydrogen (secondary N) is 1.